The van der Waals surface area contributed by atoms with Crippen LogP contribution in [0.1, 0.15) is 0 Å². The van der Waals surface area contributed by atoms with Crippen molar-refractivity contribution < 1.29 is 26.5 Å². The van der Waals surface area contributed by atoms with Crippen molar-refractivity contribution in [2.24, 2.45) is 0 Å². The number of nitrogens with zero attached hydrogens (tertiary/aromatic N) is 2. The monoisotopic (exact) mass is 313 g/mol. The number of halogens is 3. The maximum absolute atomic E-state index is 13.7. The minimum atomic E-state index is -4.61. The smallest absolute Gasteiger partial charge is 0.274 e. The third-order valence-corrected chi connectivity index (χ3v) is 4.25. The van der Waals surface area contributed by atoms with Crippen LogP contribution in [-0.4, -0.2) is 37.7 Å². The molecule has 0 heterocycles. The summed E-state index contributed by atoms with van der Waals surface area (Å²) < 4.78 is 62.1. The summed E-state index contributed by atoms with van der Waals surface area (Å²) in [5.74, 6) is -1.47. The lowest BCUT2D eigenvalue weighted by atomic mass is 10.3. The highest BCUT2D eigenvalue weighted by molar-refractivity contribution is 7.89. The van der Waals surface area contributed by atoms with E-state index in [1.54, 1.807) is 0 Å². The zero-order valence-electron chi connectivity index (χ0n) is 10.1. The van der Waals surface area contributed by atoms with Gasteiger partial charge in [-0.1, -0.05) is 0 Å². The molecule has 0 fully saturated rings. The van der Waals surface area contributed by atoms with Crippen LogP contribution in [0.3, 0.4) is 0 Å². The zero-order chi connectivity index (χ0) is 15.7. The van der Waals surface area contributed by atoms with Crippen LogP contribution >= 0.6 is 0 Å². The second-order valence-corrected chi connectivity index (χ2v) is 5.76. The number of hydrogen-bond donors (Lipinski definition) is 1. The predicted octanol–water partition coefficient (Wildman–Crippen LogP) is 1.20. The van der Waals surface area contributed by atoms with Crippen molar-refractivity contribution in [1.82, 2.24) is 4.31 Å². The molecule has 0 spiro atoms. The second-order valence-electron chi connectivity index (χ2n) is 3.78. The van der Waals surface area contributed by atoms with Gasteiger partial charge in [0.1, 0.15) is 4.90 Å². The molecule has 0 saturated heterocycles. The van der Waals surface area contributed by atoms with Gasteiger partial charge in [-0.15, -0.1) is 0 Å². The molecule has 0 aliphatic heterocycles. The average molecular weight is 313 g/mol. The first-order chi connectivity index (χ1) is 9.07. The standard InChI is InChI=1S/C9H10F3N3O4S/c1-14(4-8(11)12)20(18,19)9-6(10)2-5(15(16)17)3-7(9)13/h2-3,8H,4,13H2,1H3. The van der Waals surface area contributed by atoms with Crippen LogP contribution in [0.25, 0.3) is 0 Å². The quantitative estimate of drug-likeness (QED) is 0.499. The van der Waals surface area contributed by atoms with Gasteiger partial charge in [0.25, 0.3) is 12.1 Å². The van der Waals surface area contributed by atoms with E-state index in [1.807, 2.05) is 0 Å². The highest BCUT2D eigenvalue weighted by Crippen LogP contribution is 2.29. The van der Waals surface area contributed by atoms with Crippen LogP contribution in [-0.2, 0) is 10.0 Å². The van der Waals surface area contributed by atoms with Crippen molar-refractivity contribution in [1.29, 1.82) is 0 Å². The van der Waals surface area contributed by atoms with Crippen LogP contribution < -0.4 is 5.73 Å². The molecule has 0 unspecified atom stereocenters. The minimum Gasteiger partial charge on any atom is -0.397 e. The van der Waals surface area contributed by atoms with Gasteiger partial charge >= 0.3 is 0 Å². The van der Waals surface area contributed by atoms with Crippen molar-refractivity contribution in [3.8, 4) is 0 Å². The molecular weight excluding hydrogens is 303 g/mol. The van der Waals surface area contributed by atoms with E-state index in [-0.39, 0.29) is 4.31 Å². The second kappa shape index (κ2) is 5.63. The summed E-state index contributed by atoms with van der Waals surface area (Å²) in [5.41, 5.74) is 3.81. The molecule has 1 aromatic rings. The summed E-state index contributed by atoms with van der Waals surface area (Å²) in [4.78, 5) is 8.45. The summed E-state index contributed by atoms with van der Waals surface area (Å²) in [6.45, 7) is -1.15. The number of anilines is 1. The molecule has 7 nitrogen and oxygen atoms in total. The number of nitro benzene ring substituents is 1. The summed E-state index contributed by atoms with van der Waals surface area (Å²) in [5, 5.41) is 10.5. The van der Waals surface area contributed by atoms with Crippen molar-refractivity contribution in [3.63, 3.8) is 0 Å². The van der Waals surface area contributed by atoms with Gasteiger partial charge in [0.15, 0.2) is 5.82 Å². The fourth-order valence-electron chi connectivity index (χ4n) is 1.43. The molecule has 0 aliphatic rings. The summed E-state index contributed by atoms with van der Waals surface area (Å²) in [6.07, 6.45) is -2.96. The van der Waals surface area contributed by atoms with Crippen LogP contribution in [0.4, 0.5) is 24.5 Å². The number of sulfonamides is 1. The molecule has 0 atom stereocenters. The van der Waals surface area contributed by atoms with Gasteiger partial charge in [-0.05, 0) is 0 Å². The molecule has 0 aromatic heterocycles. The number of non-ortho nitro benzene ring substituents is 1. The Hall–Kier alpha value is -1.88. The van der Waals surface area contributed by atoms with E-state index in [0.717, 1.165) is 7.05 Å². The topological polar surface area (TPSA) is 107 Å². The van der Waals surface area contributed by atoms with Crippen LogP contribution in [0.2, 0.25) is 0 Å². The first kappa shape index (κ1) is 16.2. The normalized spacial score (nSPS) is 12.1. The van der Waals surface area contributed by atoms with Crippen molar-refractivity contribution >= 4 is 21.4 Å². The summed E-state index contributed by atoms with van der Waals surface area (Å²) >= 11 is 0. The van der Waals surface area contributed by atoms with Crippen molar-refractivity contribution in [3.05, 3.63) is 28.1 Å². The van der Waals surface area contributed by atoms with Crippen molar-refractivity contribution in [2.75, 3.05) is 19.3 Å². The number of alkyl halides is 2. The van der Waals surface area contributed by atoms with E-state index in [4.69, 9.17) is 5.73 Å². The third kappa shape index (κ3) is 3.17. The lowest BCUT2D eigenvalue weighted by Gasteiger charge is -2.18. The number of hydrogen-bond acceptors (Lipinski definition) is 5. The Labute approximate surface area is 112 Å². The van der Waals surface area contributed by atoms with E-state index in [2.05, 4.69) is 0 Å². The van der Waals surface area contributed by atoms with E-state index in [9.17, 15) is 31.7 Å². The molecule has 1 aromatic carbocycles. The minimum absolute atomic E-state index is 0.221. The van der Waals surface area contributed by atoms with Gasteiger partial charge in [-0.2, -0.15) is 4.31 Å². The molecule has 0 radical (unpaired) electrons. The maximum Gasteiger partial charge on any atom is 0.274 e. The highest BCUT2D eigenvalue weighted by atomic mass is 32.2. The van der Waals surface area contributed by atoms with Gasteiger partial charge in [-0.25, -0.2) is 21.6 Å². The van der Waals surface area contributed by atoms with Gasteiger partial charge in [0, 0.05) is 13.1 Å². The fourth-order valence-corrected chi connectivity index (χ4v) is 2.71. The first-order valence-electron chi connectivity index (χ1n) is 5.05. The van der Waals surface area contributed by atoms with Gasteiger partial charge in [0.2, 0.25) is 10.0 Å². The number of nitrogen functional groups attached to an aromatic ring is 1. The Kier molecular flexibility index (Phi) is 4.55. The number of benzene rings is 1. The number of nitro groups is 1. The zero-order valence-corrected chi connectivity index (χ0v) is 10.9. The van der Waals surface area contributed by atoms with E-state index in [1.165, 1.54) is 0 Å². The van der Waals surface area contributed by atoms with Crippen LogP contribution in [0.5, 0.6) is 0 Å². The Balaban J connectivity index is 3.36. The average Bonchev–Trinajstić information content (AvgIpc) is 2.26. The molecule has 0 bridgehead atoms. The van der Waals surface area contributed by atoms with E-state index >= 15 is 0 Å². The molecular formula is C9H10F3N3O4S. The van der Waals surface area contributed by atoms with Crippen LogP contribution in [0, 0.1) is 15.9 Å². The lowest BCUT2D eigenvalue weighted by Crippen LogP contribution is -2.32. The number of nitrogens with two attached hydrogens (primary N) is 1. The number of rotatable bonds is 5. The Morgan fingerprint density at radius 3 is 2.40 bits per heavy atom. The third-order valence-electron chi connectivity index (χ3n) is 2.33. The molecule has 11 heteroatoms. The van der Waals surface area contributed by atoms with E-state index in [0.29, 0.717) is 12.1 Å². The SMILES string of the molecule is CN(CC(F)F)S(=O)(=O)c1c(N)cc([N+](=O)[O-])cc1F. The first-order valence-corrected chi connectivity index (χ1v) is 6.49. The van der Waals surface area contributed by atoms with Crippen molar-refractivity contribution in [2.45, 2.75) is 11.3 Å². The van der Waals surface area contributed by atoms with Gasteiger partial charge in [-0.3, -0.25) is 10.1 Å². The highest BCUT2D eigenvalue weighted by Gasteiger charge is 2.30. The molecule has 0 saturated carbocycles. The Morgan fingerprint density at radius 1 is 1.45 bits per heavy atom. The Bertz CT molecular complexity index is 612. The molecule has 112 valence electrons. The largest absolute Gasteiger partial charge is 0.397 e. The molecule has 0 amide bonds. The molecule has 0 aliphatic carbocycles. The lowest BCUT2D eigenvalue weighted by molar-refractivity contribution is -0.385. The maximum atomic E-state index is 13.7. The molecule has 20 heavy (non-hydrogen) atoms. The fraction of sp³-hybridized carbons (Fsp3) is 0.333. The Morgan fingerprint density at radius 2 is 2.00 bits per heavy atom. The van der Waals surface area contributed by atoms with E-state index < -0.39 is 50.0 Å². The van der Waals surface area contributed by atoms with Gasteiger partial charge < -0.3 is 5.73 Å². The molecule has 1 rings (SSSR count). The molecule has 2 N–H and O–H groups in total. The van der Waals surface area contributed by atoms with Gasteiger partial charge in [0.05, 0.1) is 23.2 Å². The summed E-state index contributed by atoms with van der Waals surface area (Å²) in [7, 11) is -3.79. The predicted molar refractivity (Wildman–Crippen MR) is 63.3 cm³/mol. The summed E-state index contributed by atoms with van der Waals surface area (Å²) in [6, 6.07) is 1.01. The van der Waals surface area contributed by atoms with Crippen LogP contribution in [0.15, 0.2) is 17.0 Å².